The lowest BCUT2D eigenvalue weighted by molar-refractivity contribution is -0.130. The van der Waals surface area contributed by atoms with Crippen LogP contribution in [-0.2, 0) is 4.79 Å². The summed E-state index contributed by atoms with van der Waals surface area (Å²) in [6.07, 6.45) is 4.25. The highest BCUT2D eigenvalue weighted by Crippen LogP contribution is 2.38. The zero-order valence-corrected chi connectivity index (χ0v) is 9.60. The van der Waals surface area contributed by atoms with Crippen LogP contribution in [-0.4, -0.2) is 24.4 Å². The van der Waals surface area contributed by atoms with Crippen molar-refractivity contribution >= 4 is 5.91 Å². The highest BCUT2D eigenvalue weighted by Gasteiger charge is 2.34. The largest absolute Gasteiger partial charge is 0.344 e. The molecular weight excluding hydrogens is 198 g/mol. The lowest BCUT2D eigenvalue weighted by Gasteiger charge is -2.20. The second-order valence-corrected chi connectivity index (χ2v) is 4.82. The second kappa shape index (κ2) is 3.21. The van der Waals surface area contributed by atoms with Gasteiger partial charge in [0.05, 0.1) is 5.92 Å². The van der Waals surface area contributed by atoms with E-state index in [9.17, 15) is 4.79 Å². The van der Waals surface area contributed by atoms with Gasteiger partial charge < -0.3 is 4.90 Å². The Morgan fingerprint density at radius 2 is 2.06 bits per heavy atom. The van der Waals surface area contributed by atoms with E-state index < -0.39 is 0 Å². The first kappa shape index (κ1) is 9.64. The lowest BCUT2D eigenvalue weighted by atomic mass is 9.82. The van der Waals surface area contributed by atoms with Gasteiger partial charge in [-0.3, -0.25) is 4.79 Å². The number of hydrogen-bond donors (Lipinski definition) is 0. The van der Waals surface area contributed by atoms with Crippen molar-refractivity contribution in [3.63, 3.8) is 0 Å². The van der Waals surface area contributed by atoms with Crippen molar-refractivity contribution in [1.29, 1.82) is 0 Å². The molecule has 2 nitrogen and oxygen atoms in total. The number of benzene rings is 1. The first-order valence-electron chi connectivity index (χ1n) is 5.70. The Kier molecular flexibility index (Phi) is 1.93. The average Bonchev–Trinajstić information content (AvgIpc) is 2.46. The van der Waals surface area contributed by atoms with E-state index in [1.165, 1.54) is 16.7 Å². The standard InChI is InChI=1S/C14H15NO/c1-9-3-5-11-12-6-4-10(13(11)7-9)8-15(2)14(12)16/h3-7,10,12H,8H2,1-2H3. The molecule has 2 unspecified atom stereocenters. The topological polar surface area (TPSA) is 20.3 Å². The van der Waals surface area contributed by atoms with E-state index in [1.54, 1.807) is 0 Å². The van der Waals surface area contributed by atoms with Crippen LogP contribution in [0.4, 0.5) is 0 Å². The second-order valence-electron chi connectivity index (χ2n) is 4.82. The molecule has 0 fully saturated rings. The zero-order valence-electron chi connectivity index (χ0n) is 9.60. The Labute approximate surface area is 95.6 Å². The summed E-state index contributed by atoms with van der Waals surface area (Å²) in [5.74, 6) is 0.545. The molecule has 1 aliphatic carbocycles. The van der Waals surface area contributed by atoms with Crippen LogP contribution in [0.15, 0.2) is 30.4 Å². The Hall–Kier alpha value is -1.57. The molecule has 0 saturated heterocycles. The number of fused-ring (bicyclic) bond motifs is 2. The fourth-order valence-electron chi connectivity index (χ4n) is 2.75. The zero-order chi connectivity index (χ0) is 11.3. The van der Waals surface area contributed by atoms with E-state index in [4.69, 9.17) is 0 Å². The quantitative estimate of drug-likeness (QED) is 0.605. The molecule has 2 bridgehead atoms. The normalized spacial score (nSPS) is 26.9. The summed E-state index contributed by atoms with van der Waals surface area (Å²) in [4.78, 5) is 14.0. The summed E-state index contributed by atoms with van der Waals surface area (Å²) in [6.45, 7) is 2.91. The third-order valence-electron chi connectivity index (χ3n) is 3.63. The fraction of sp³-hybridized carbons (Fsp3) is 0.357. The van der Waals surface area contributed by atoms with Gasteiger partial charge in [-0.05, 0) is 18.1 Å². The van der Waals surface area contributed by atoms with Gasteiger partial charge in [0.25, 0.3) is 0 Å². The summed E-state index contributed by atoms with van der Waals surface area (Å²) < 4.78 is 0. The van der Waals surface area contributed by atoms with Crippen LogP contribution in [0.25, 0.3) is 0 Å². The van der Waals surface area contributed by atoms with E-state index >= 15 is 0 Å². The van der Waals surface area contributed by atoms with Gasteiger partial charge >= 0.3 is 0 Å². The molecule has 1 aromatic rings. The number of rotatable bonds is 0. The fourth-order valence-corrected chi connectivity index (χ4v) is 2.75. The molecule has 2 aliphatic heterocycles. The predicted octanol–water partition coefficient (Wildman–Crippen LogP) is 2.20. The van der Waals surface area contributed by atoms with E-state index in [0.717, 1.165) is 6.54 Å². The van der Waals surface area contributed by atoms with Gasteiger partial charge in [0.2, 0.25) is 5.91 Å². The number of amides is 1. The summed E-state index contributed by atoms with van der Waals surface area (Å²) in [5, 5.41) is 0. The highest BCUT2D eigenvalue weighted by molar-refractivity contribution is 5.88. The maximum absolute atomic E-state index is 12.1. The molecule has 16 heavy (non-hydrogen) atoms. The Morgan fingerprint density at radius 3 is 2.88 bits per heavy atom. The smallest absolute Gasteiger partial charge is 0.233 e. The van der Waals surface area contributed by atoms with Gasteiger partial charge in [-0.25, -0.2) is 0 Å². The van der Waals surface area contributed by atoms with Crippen molar-refractivity contribution in [2.45, 2.75) is 18.8 Å². The lowest BCUT2D eigenvalue weighted by Crippen LogP contribution is -2.29. The minimum atomic E-state index is -0.0562. The number of carbonyl (C=O) groups excluding carboxylic acids is 1. The van der Waals surface area contributed by atoms with E-state index in [1.807, 2.05) is 11.9 Å². The number of carbonyl (C=O) groups is 1. The first-order valence-corrected chi connectivity index (χ1v) is 5.70. The molecule has 0 N–H and O–H groups in total. The van der Waals surface area contributed by atoms with Gasteiger partial charge in [-0.2, -0.15) is 0 Å². The van der Waals surface area contributed by atoms with Crippen molar-refractivity contribution in [3.05, 3.63) is 47.0 Å². The van der Waals surface area contributed by atoms with Crippen LogP contribution >= 0.6 is 0 Å². The predicted molar refractivity (Wildman–Crippen MR) is 63.4 cm³/mol. The summed E-state index contributed by atoms with van der Waals surface area (Å²) in [6, 6.07) is 6.44. The van der Waals surface area contributed by atoms with Crippen molar-refractivity contribution < 1.29 is 4.79 Å². The Bertz CT molecular complexity index is 490. The molecule has 2 atom stereocenters. The molecule has 0 radical (unpaired) electrons. The molecule has 0 aromatic heterocycles. The maximum atomic E-state index is 12.1. The minimum absolute atomic E-state index is 0.0562. The molecule has 0 saturated carbocycles. The molecular formula is C14H15NO. The van der Waals surface area contributed by atoms with Crippen molar-refractivity contribution in [1.82, 2.24) is 4.90 Å². The van der Waals surface area contributed by atoms with E-state index in [2.05, 4.69) is 37.3 Å². The van der Waals surface area contributed by atoms with E-state index in [0.29, 0.717) is 5.92 Å². The number of hydrogen-bond acceptors (Lipinski definition) is 1. The van der Waals surface area contributed by atoms with Gasteiger partial charge in [-0.1, -0.05) is 35.9 Å². The third-order valence-corrected chi connectivity index (χ3v) is 3.63. The van der Waals surface area contributed by atoms with Crippen LogP contribution < -0.4 is 0 Å². The summed E-state index contributed by atoms with van der Waals surface area (Å²) >= 11 is 0. The molecule has 4 rings (SSSR count). The van der Waals surface area contributed by atoms with Crippen molar-refractivity contribution in [3.8, 4) is 0 Å². The molecule has 0 spiro atoms. The summed E-state index contributed by atoms with van der Waals surface area (Å²) in [5.41, 5.74) is 3.81. The third kappa shape index (κ3) is 1.22. The summed E-state index contributed by atoms with van der Waals surface area (Å²) in [7, 11) is 1.90. The van der Waals surface area contributed by atoms with Gasteiger partial charge in [0, 0.05) is 19.5 Å². The van der Waals surface area contributed by atoms with Gasteiger partial charge in [0.1, 0.15) is 0 Å². The van der Waals surface area contributed by atoms with Crippen LogP contribution in [0, 0.1) is 6.92 Å². The molecule has 2 heterocycles. The van der Waals surface area contributed by atoms with E-state index in [-0.39, 0.29) is 11.8 Å². The molecule has 82 valence electrons. The molecule has 2 heteroatoms. The Morgan fingerprint density at radius 1 is 1.25 bits per heavy atom. The first-order chi connectivity index (χ1) is 7.66. The molecule has 1 aromatic carbocycles. The average molecular weight is 213 g/mol. The SMILES string of the molecule is Cc1ccc2c(c1)C1C=CC2C(=O)N(C)C1. The van der Waals surface area contributed by atoms with Crippen molar-refractivity contribution in [2.24, 2.45) is 0 Å². The van der Waals surface area contributed by atoms with Crippen LogP contribution in [0.5, 0.6) is 0 Å². The number of nitrogens with zero attached hydrogens (tertiary/aromatic N) is 1. The monoisotopic (exact) mass is 213 g/mol. The maximum Gasteiger partial charge on any atom is 0.233 e. The van der Waals surface area contributed by atoms with Gasteiger partial charge in [-0.15, -0.1) is 0 Å². The van der Waals surface area contributed by atoms with Crippen LogP contribution in [0.2, 0.25) is 0 Å². The van der Waals surface area contributed by atoms with Crippen LogP contribution in [0.3, 0.4) is 0 Å². The number of likely N-dealkylation sites (N-methyl/N-ethyl adjacent to an activating group) is 1. The highest BCUT2D eigenvalue weighted by atomic mass is 16.2. The minimum Gasteiger partial charge on any atom is -0.344 e. The molecule has 3 aliphatic rings. The van der Waals surface area contributed by atoms with Crippen molar-refractivity contribution in [2.75, 3.05) is 13.6 Å². The number of aryl methyl sites for hydroxylation is 1. The Balaban J connectivity index is 2.21. The van der Waals surface area contributed by atoms with Crippen LogP contribution in [0.1, 0.15) is 28.5 Å². The molecule has 1 amide bonds. The van der Waals surface area contributed by atoms with Gasteiger partial charge in [0.15, 0.2) is 0 Å².